The van der Waals surface area contributed by atoms with E-state index in [1.54, 1.807) is 4.90 Å². The first-order valence-corrected chi connectivity index (χ1v) is 9.08. The first kappa shape index (κ1) is 18.3. The number of hydrogen-bond donors (Lipinski definition) is 0. The lowest BCUT2D eigenvalue weighted by Gasteiger charge is -2.20. The molecule has 24 heavy (non-hydrogen) atoms. The number of benzene rings is 1. The summed E-state index contributed by atoms with van der Waals surface area (Å²) in [6, 6.07) is 9.97. The van der Waals surface area contributed by atoms with Gasteiger partial charge >= 0.3 is 0 Å². The third-order valence-corrected chi connectivity index (χ3v) is 4.54. The van der Waals surface area contributed by atoms with Gasteiger partial charge in [0, 0.05) is 25.2 Å². The van der Waals surface area contributed by atoms with Crippen molar-refractivity contribution in [3.05, 3.63) is 42.5 Å². The number of thioether (sulfide) groups is 1. The molecule has 0 saturated carbocycles. The first-order valence-electron chi connectivity index (χ1n) is 8.10. The highest BCUT2D eigenvalue weighted by Crippen LogP contribution is 2.24. The maximum Gasteiger partial charge on any atom is 0.233 e. The van der Waals surface area contributed by atoms with Crippen LogP contribution in [0.1, 0.15) is 20.8 Å². The average Bonchev–Trinajstić information content (AvgIpc) is 3.01. The van der Waals surface area contributed by atoms with E-state index in [0.717, 1.165) is 28.7 Å². The van der Waals surface area contributed by atoms with E-state index in [0.29, 0.717) is 18.8 Å². The third-order valence-electron chi connectivity index (χ3n) is 3.59. The topological polar surface area (TPSA) is 51.0 Å². The van der Waals surface area contributed by atoms with Crippen LogP contribution in [0.25, 0.3) is 11.4 Å². The lowest BCUT2D eigenvalue weighted by molar-refractivity contribution is -0.127. The molecule has 6 heteroatoms. The molecule has 0 aliphatic carbocycles. The van der Waals surface area contributed by atoms with Crippen LogP contribution in [0.4, 0.5) is 0 Å². The molecule has 0 saturated heterocycles. The highest BCUT2D eigenvalue weighted by molar-refractivity contribution is 7.99. The van der Waals surface area contributed by atoms with Gasteiger partial charge in [-0.15, -0.1) is 10.2 Å². The number of nitrogens with zero attached hydrogens (tertiary/aromatic N) is 4. The van der Waals surface area contributed by atoms with Gasteiger partial charge in [-0.25, -0.2) is 0 Å². The van der Waals surface area contributed by atoms with Crippen LogP contribution in [-0.2, 0) is 11.3 Å². The molecular formula is C18H24N4OS. The zero-order valence-corrected chi connectivity index (χ0v) is 15.3. The molecule has 0 aliphatic rings. The number of carbonyl (C=O) groups is 1. The summed E-state index contributed by atoms with van der Waals surface area (Å²) in [4.78, 5) is 14.2. The molecule has 5 nitrogen and oxygen atoms in total. The molecule has 0 bridgehead atoms. The smallest absolute Gasteiger partial charge is 0.233 e. The Hall–Kier alpha value is -2.08. The monoisotopic (exact) mass is 344 g/mol. The Morgan fingerprint density at radius 3 is 2.54 bits per heavy atom. The standard InChI is InChI=1S/C18H24N4OS/c1-5-21(12-14(3)4)16(23)13-24-18-20-19-17(22(18)6-2)15-10-8-7-9-11-15/h7-11H,3,5-6,12-13H2,1-2,4H3. The van der Waals surface area contributed by atoms with Crippen LogP contribution >= 0.6 is 11.8 Å². The number of likely N-dealkylation sites (N-methyl/N-ethyl adjacent to an activating group) is 1. The zero-order valence-electron chi connectivity index (χ0n) is 14.5. The minimum absolute atomic E-state index is 0.0948. The highest BCUT2D eigenvalue weighted by atomic mass is 32.2. The van der Waals surface area contributed by atoms with Crippen molar-refractivity contribution < 1.29 is 4.79 Å². The van der Waals surface area contributed by atoms with Crippen LogP contribution in [-0.4, -0.2) is 44.4 Å². The maximum atomic E-state index is 12.4. The summed E-state index contributed by atoms with van der Waals surface area (Å²) < 4.78 is 2.04. The van der Waals surface area contributed by atoms with Crippen molar-refractivity contribution >= 4 is 17.7 Å². The number of aromatic nitrogens is 3. The van der Waals surface area contributed by atoms with Crippen LogP contribution in [0, 0.1) is 0 Å². The van der Waals surface area contributed by atoms with Gasteiger partial charge in [-0.3, -0.25) is 4.79 Å². The third kappa shape index (κ3) is 4.47. The summed E-state index contributed by atoms with van der Waals surface area (Å²) >= 11 is 1.43. The fraction of sp³-hybridized carbons (Fsp3) is 0.389. The Bertz CT molecular complexity index is 696. The minimum atomic E-state index is 0.0948. The van der Waals surface area contributed by atoms with Gasteiger partial charge in [0.05, 0.1) is 5.75 Å². The SMILES string of the molecule is C=C(C)CN(CC)C(=O)CSc1nnc(-c2ccccc2)n1CC. The molecule has 0 atom stereocenters. The Balaban J connectivity index is 2.09. The van der Waals surface area contributed by atoms with E-state index >= 15 is 0 Å². The lowest BCUT2D eigenvalue weighted by atomic mass is 10.2. The molecule has 0 radical (unpaired) electrons. The van der Waals surface area contributed by atoms with Gasteiger partial charge in [-0.1, -0.05) is 54.2 Å². The molecule has 1 aromatic carbocycles. The molecule has 0 unspecified atom stereocenters. The molecule has 1 amide bonds. The molecule has 0 N–H and O–H groups in total. The predicted molar refractivity (Wildman–Crippen MR) is 98.9 cm³/mol. The van der Waals surface area contributed by atoms with Gasteiger partial charge in [0.2, 0.25) is 5.91 Å². The van der Waals surface area contributed by atoms with Gasteiger partial charge in [0.1, 0.15) is 0 Å². The molecule has 0 aliphatic heterocycles. The summed E-state index contributed by atoms with van der Waals surface area (Å²) in [6.45, 7) is 11.9. The summed E-state index contributed by atoms with van der Waals surface area (Å²) in [5.41, 5.74) is 2.01. The van der Waals surface area contributed by atoms with Crippen molar-refractivity contribution in [2.75, 3.05) is 18.8 Å². The van der Waals surface area contributed by atoms with Crippen LogP contribution in [0.3, 0.4) is 0 Å². The summed E-state index contributed by atoms with van der Waals surface area (Å²) in [5, 5.41) is 9.34. The molecule has 1 heterocycles. The Morgan fingerprint density at radius 2 is 1.96 bits per heavy atom. The van der Waals surface area contributed by atoms with Crippen molar-refractivity contribution in [3.63, 3.8) is 0 Å². The fourth-order valence-electron chi connectivity index (χ4n) is 2.40. The van der Waals surface area contributed by atoms with E-state index in [1.165, 1.54) is 11.8 Å². The van der Waals surface area contributed by atoms with Crippen LogP contribution in [0.15, 0.2) is 47.6 Å². The number of hydrogen-bond acceptors (Lipinski definition) is 4. The van der Waals surface area contributed by atoms with E-state index < -0.39 is 0 Å². The van der Waals surface area contributed by atoms with Crippen molar-refractivity contribution in [1.82, 2.24) is 19.7 Å². The number of rotatable bonds is 8. The van der Waals surface area contributed by atoms with E-state index in [-0.39, 0.29) is 5.91 Å². The summed E-state index contributed by atoms with van der Waals surface area (Å²) in [7, 11) is 0. The van der Waals surface area contributed by atoms with Crippen molar-refractivity contribution in [3.8, 4) is 11.4 Å². The minimum Gasteiger partial charge on any atom is -0.338 e. The molecule has 0 fully saturated rings. The Labute approximate surface area is 147 Å². The van der Waals surface area contributed by atoms with Crippen LogP contribution in [0.2, 0.25) is 0 Å². The number of amides is 1. The first-order chi connectivity index (χ1) is 11.6. The van der Waals surface area contributed by atoms with Gasteiger partial charge in [0.25, 0.3) is 0 Å². The van der Waals surface area contributed by atoms with Crippen molar-refractivity contribution in [2.24, 2.45) is 0 Å². The molecule has 2 aromatic rings. The van der Waals surface area contributed by atoms with E-state index in [2.05, 4.69) is 23.7 Å². The summed E-state index contributed by atoms with van der Waals surface area (Å²) in [6.07, 6.45) is 0. The second-order valence-electron chi connectivity index (χ2n) is 5.57. The number of carbonyl (C=O) groups excluding carboxylic acids is 1. The van der Waals surface area contributed by atoms with Gasteiger partial charge in [0.15, 0.2) is 11.0 Å². The zero-order chi connectivity index (χ0) is 17.5. The molecule has 128 valence electrons. The van der Waals surface area contributed by atoms with Gasteiger partial charge < -0.3 is 9.47 Å². The normalized spacial score (nSPS) is 10.6. The van der Waals surface area contributed by atoms with Gasteiger partial charge in [-0.2, -0.15) is 0 Å². The van der Waals surface area contributed by atoms with Crippen LogP contribution < -0.4 is 0 Å². The summed E-state index contributed by atoms with van der Waals surface area (Å²) in [5.74, 6) is 1.29. The highest BCUT2D eigenvalue weighted by Gasteiger charge is 2.17. The molecule has 1 aromatic heterocycles. The Kier molecular flexibility index (Phi) is 6.61. The average molecular weight is 344 g/mol. The predicted octanol–water partition coefficient (Wildman–Crippen LogP) is 3.48. The van der Waals surface area contributed by atoms with E-state index in [4.69, 9.17) is 0 Å². The second-order valence-corrected chi connectivity index (χ2v) is 6.51. The maximum absolute atomic E-state index is 12.4. The van der Waals surface area contributed by atoms with E-state index in [9.17, 15) is 4.79 Å². The molecule has 0 spiro atoms. The van der Waals surface area contributed by atoms with E-state index in [1.807, 2.05) is 48.7 Å². The largest absolute Gasteiger partial charge is 0.338 e. The Morgan fingerprint density at radius 1 is 1.25 bits per heavy atom. The quantitative estimate of drug-likeness (QED) is 0.543. The van der Waals surface area contributed by atoms with Gasteiger partial charge in [-0.05, 0) is 20.8 Å². The molecule has 2 rings (SSSR count). The molecular weight excluding hydrogens is 320 g/mol. The van der Waals surface area contributed by atoms with Crippen molar-refractivity contribution in [2.45, 2.75) is 32.5 Å². The second kappa shape index (κ2) is 8.68. The van der Waals surface area contributed by atoms with Crippen molar-refractivity contribution in [1.29, 1.82) is 0 Å². The van der Waals surface area contributed by atoms with Crippen LogP contribution in [0.5, 0.6) is 0 Å². The lowest BCUT2D eigenvalue weighted by Crippen LogP contribution is -2.33. The fourth-order valence-corrected chi connectivity index (χ4v) is 3.31.